The number of rotatable bonds is 2. The van der Waals surface area contributed by atoms with Gasteiger partial charge >= 0.3 is 0 Å². The van der Waals surface area contributed by atoms with Gasteiger partial charge in [0.2, 0.25) is 0 Å². The van der Waals surface area contributed by atoms with Crippen molar-refractivity contribution in [3.8, 4) is 0 Å². The lowest BCUT2D eigenvalue weighted by Crippen LogP contribution is -2.15. The molecule has 1 heterocycles. The fourth-order valence-corrected chi connectivity index (χ4v) is 2.05. The highest BCUT2D eigenvalue weighted by Gasteiger charge is 2.26. The van der Waals surface area contributed by atoms with E-state index in [2.05, 4.69) is 19.0 Å². The maximum atomic E-state index is 6.13. The summed E-state index contributed by atoms with van der Waals surface area (Å²) >= 11 is 12.1. The molecule has 4 heteroatoms. The van der Waals surface area contributed by atoms with E-state index in [0.717, 1.165) is 17.7 Å². The van der Waals surface area contributed by atoms with Gasteiger partial charge in [-0.1, -0.05) is 54.3 Å². The standard InChI is InChI=1S/C12H13Cl2NO/c1-7(2)11-6-10(15-16-11)8-4-3-5-9(13)12(8)14/h3-5,7,11H,6H2,1-2H3. The molecule has 0 N–H and O–H groups in total. The molecule has 0 radical (unpaired) electrons. The highest BCUT2D eigenvalue weighted by atomic mass is 35.5. The average Bonchev–Trinajstić information content (AvgIpc) is 2.71. The molecular weight excluding hydrogens is 245 g/mol. The van der Waals surface area contributed by atoms with Gasteiger partial charge in [-0.05, 0) is 12.0 Å². The Hall–Kier alpha value is -0.730. The van der Waals surface area contributed by atoms with E-state index in [4.69, 9.17) is 28.0 Å². The van der Waals surface area contributed by atoms with Crippen molar-refractivity contribution in [1.29, 1.82) is 0 Å². The molecule has 0 saturated carbocycles. The summed E-state index contributed by atoms with van der Waals surface area (Å²) in [7, 11) is 0. The van der Waals surface area contributed by atoms with Crippen LogP contribution in [0.3, 0.4) is 0 Å². The van der Waals surface area contributed by atoms with Crippen molar-refractivity contribution in [2.45, 2.75) is 26.4 Å². The topological polar surface area (TPSA) is 21.6 Å². The second kappa shape index (κ2) is 4.64. The van der Waals surface area contributed by atoms with Crippen LogP contribution in [-0.4, -0.2) is 11.8 Å². The van der Waals surface area contributed by atoms with Crippen LogP contribution in [0.4, 0.5) is 0 Å². The van der Waals surface area contributed by atoms with Crippen LogP contribution in [0.15, 0.2) is 23.4 Å². The van der Waals surface area contributed by atoms with Gasteiger partial charge in [-0.3, -0.25) is 0 Å². The Morgan fingerprint density at radius 2 is 2.12 bits per heavy atom. The van der Waals surface area contributed by atoms with Crippen molar-refractivity contribution in [3.05, 3.63) is 33.8 Å². The summed E-state index contributed by atoms with van der Waals surface area (Å²) in [6.45, 7) is 4.23. The Balaban J connectivity index is 2.24. The third-order valence-corrected chi connectivity index (χ3v) is 3.52. The highest BCUT2D eigenvalue weighted by molar-refractivity contribution is 6.44. The molecule has 1 unspecified atom stereocenters. The van der Waals surface area contributed by atoms with E-state index in [0.29, 0.717) is 16.0 Å². The largest absolute Gasteiger partial charge is 0.392 e. The molecule has 0 bridgehead atoms. The first-order valence-corrected chi connectivity index (χ1v) is 6.02. The molecule has 1 atom stereocenters. The summed E-state index contributed by atoms with van der Waals surface area (Å²) in [5.41, 5.74) is 1.75. The monoisotopic (exact) mass is 257 g/mol. The number of hydrogen-bond acceptors (Lipinski definition) is 2. The summed E-state index contributed by atoms with van der Waals surface area (Å²) < 4.78 is 0. The molecule has 0 saturated heterocycles. The molecule has 0 spiro atoms. The Labute approximate surface area is 105 Å². The van der Waals surface area contributed by atoms with Crippen LogP contribution in [0, 0.1) is 5.92 Å². The molecule has 0 aromatic heterocycles. The van der Waals surface area contributed by atoms with Gasteiger partial charge in [0.25, 0.3) is 0 Å². The third-order valence-electron chi connectivity index (χ3n) is 2.70. The molecule has 1 aliphatic heterocycles. The normalized spacial score (nSPS) is 19.8. The minimum absolute atomic E-state index is 0.144. The molecule has 86 valence electrons. The summed E-state index contributed by atoms with van der Waals surface area (Å²) in [6.07, 6.45) is 0.933. The predicted molar refractivity (Wildman–Crippen MR) is 67.3 cm³/mol. The second-order valence-electron chi connectivity index (χ2n) is 4.23. The predicted octanol–water partition coefficient (Wildman–Crippen LogP) is 4.14. The first-order chi connectivity index (χ1) is 7.59. The quantitative estimate of drug-likeness (QED) is 0.781. The fourth-order valence-electron chi connectivity index (χ4n) is 1.64. The van der Waals surface area contributed by atoms with Gasteiger partial charge in [0.05, 0.1) is 15.8 Å². The van der Waals surface area contributed by atoms with Crippen LogP contribution < -0.4 is 0 Å². The average molecular weight is 258 g/mol. The third kappa shape index (κ3) is 2.18. The number of nitrogens with zero attached hydrogens (tertiary/aromatic N) is 1. The number of benzene rings is 1. The minimum atomic E-state index is 0.144. The summed E-state index contributed by atoms with van der Waals surface area (Å²) in [4.78, 5) is 5.36. The van der Waals surface area contributed by atoms with Crippen LogP contribution in [0.2, 0.25) is 10.0 Å². The van der Waals surface area contributed by atoms with Gasteiger partial charge < -0.3 is 4.84 Å². The van der Waals surface area contributed by atoms with Crippen LogP contribution >= 0.6 is 23.2 Å². The van der Waals surface area contributed by atoms with Crippen LogP contribution in [0.25, 0.3) is 0 Å². The van der Waals surface area contributed by atoms with E-state index >= 15 is 0 Å². The highest BCUT2D eigenvalue weighted by Crippen LogP contribution is 2.30. The Morgan fingerprint density at radius 3 is 2.75 bits per heavy atom. The molecule has 1 aliphatic rings. The van der Waals surface area contributed by atoms with E-state index in [1.807, 2.05) is 12.1 Å². The lowest BCUT2D eigenvalue weighted by Gasteiger charge is -2.11. The lowest BCUT2D eigenvalue weighted by molar-refractivity contribution is 0.0521. The smallest absolute Gasteiger partial charge is 0.135 e. The number of hydrogen-bond donors (Lipinski definition) is 0. The zero-order valence-corrected chi connectivity index (χ0v) is 10.7. The van der Waals surface area contributed by atoms with E-state index < -0.39 is 0 Å². The summed E-state index contributed by atoms with van der Waals surface area (Å²) in [5.74, 6) is 0.444. The maximum absolute atomic E-state index is 6.13. The number of oxime groups is 1. The molecule has 1 aromatic rings. The first kappa shape index (κ1) is 11.7. The van der Waals surface area contributed by atoms with Crippen molar-refractivity contribution in [2.75, 3.05) is 0 Å². The molecule has 16 heavy (non-hydrogen) atoms. The van der Waals surface area contributed by atoms with Crippen molar-refractivity contribution >= 4 is 28.9 Å². The summed E-state index contributed by atoms with van der Waals surface area (Å²) in [6, 6.07) is 5.55. The SMILES string of the molecule is CC(C)C1CC(c2cccc(Cl)c2Cl)=NO1. The molecule has 2 nitrogen and oxygen atoms in total. The molecule has 0 fully saturated rings. The zero-order valence-electron chi connectivity index (χ0n) is 9.21. The van der Waals surface area contributed by atoms with Crippen molar-refractivity contribution < 1.29 is 4.84 Å². The fraction of sp³-hybridized carbons (Fsp3) is 0.417. The number of halogens is 2. The lowest BCUT2D eigenvalue weighted by atomic mass is 9.98. The molecular formula is C12H13Cl2NO. The molecule has 0 aliphatic carbocycles. The van der Waals surface area contributed by atoms with Gasteiger partial charge in [0.1, 0.15) is 6.10 Å². The van der Waals surface area contributed by atoms with Gasteiger partial charge in [0, 0.05) is 12.0 Å². The van der Waals surface area contributed by atoms with E-state index in [1.54, 1.807) is 6.07 Å². The van der Waals surface area contributed by atoms with E-state index in [9.17, 15) is 0 Å². The Kier molecular flexibility index (Phi) is 3.41. The molecule has 0 amide bonds. The first-order valence-electron chi connectivity index (χ1n) is 5.26. The van der Waals surface area contributed by atoms with E-state index in [-0.39, 0.29) is 6.10 Å². The Bertz CT molecular complexity index is 429. The maximum Gasteiger partial charge on any atom is 0.135 e. The van der Waals surface area contributed by atoms with Gasteiger partial charge in [0.15, 0.2) is 0 Å². The van der Waals surface area contributed by atoms with Crippen LogP contribution in [0.5, 0.6) is 0 Å². The van der Waals surface area contributed by atoms with Gasteiger partial charge in [-0.25, -0.2) is 0 Å². The van der Waals surface area contributed by atoms with Gasteiger partial charge in [-0.15, -0.1) is 0 Å². The van der Waals surface area contributed by atoms with Crippen molar-refractivity contribution in [1.82, 2.24) is 0 Å². The minimum Gasteiger partial charge on any atom is -0.392 e. The Morgan fingerprint density at radius 1 is 1.38 bits per heavy atom. The molecule has 1 aromatic carbocycles. The molecule has 2 rings (SSSR count). The zero-order chi connectivity index (χ0) is 11.7. The van der Waals surface area contributed by atoms with Crippen LogP contribution in [-0.2, 0) is 4.84 Å². The summed E-state index contributed by atoms with van der Waals surface area (Å²) in [5, 5.41) is 5.19. The van der Waals surface area contributed by atoms with Crippen molar-refractivity contribution in [2.24, 2.45) is 11.1 Å². The van der Waals surface area contributed by atoms with E-state index in [1.165, 1.54) is 0 Å². The second-order valence-corrected chi connectivity index (χ2v) is 5.02. The van der Waals surface area contributed by atoms with Gasteiger partial charge in [-0.2, -0.15) is 0 Å². The van der Waals surface area contributed by atoms with Crippen molar-refractivity contribution in [3.63, 3.8) is 0 Å². The van der Waals surface area contributed by atoms with Crippen LogP contribution in [0.1, 0.15) is 25.8 Å².